The van der Waals surface area contributed by atoms with E-state index in [4.69, 9.17) is 4.74 Å². The van der Waals surface area contributed by atoms with Crippen LogP contribution >= 0.6 is 0 Å². The molecule has 0 aromatic heterocycles. The molecule has 1 rings (SSSR count). The van der Waals surface area contributed by atoms with Gasteiger partial charge in [-0.3, -0.25) is 14.4 Å². The number of carbonyl (C=O) groups excluding carboxylic acids is 3. The quantitative estimate of drug-likeness (QED) is 0.538. The van der Waals surface area contributed by atoms with Crippen LogP contribution in [0.2, 0.25) is 0 Å². The zero-order valence-electron chi connectivity index (χ0n) is 9.99. The van der Waals surface area contributed by atoms with Crippen LogP contribution in [0.3, 0.4) is 0 Å². The van der Waals surface area contributed by atoms with Crippen LogP contribution in [0.1, 0.15) is 40.0 Å². The molecule has 4 heteroatoms. The highest BCUT2D eigenvalue weighted by atomic mass is 16.5. The van der Waals surface area contributed by atoms with Gasteiger partial charge in [-0.05, 0) is 33.1 Å². The maximum atomic E-state index is 11.7. The highest BCUT2D eigenvalue weighted by Crippen LogP contribution is 2.30. The lowest BCUT2D eigenvalue weighted by Gasteiger charge is -2.19. The standard InChI is InChI=1S/C12H18O4/c1-7(2)16-12(15)11(8(3)13)9-4-5-10(14)6-9/h7,9,11H,4-6H2,1-3H3/t9-,11?/m1/s1. The molecule has 0 bridgehead atoms. The Kier molecular flexibility index (Phi) is 4.21. The molecule has 90 valence electrons. The summed E-state index contributed by atoms with van der Waals surface area (Å²) in [4.78, 5) is 34.3. The fraction of sp³-hybridized carbons (Fsp3) is 0.750. The average molecular weight is 226 g/mol. The molecule has 1 saturated carbocycles. The Hall–Kier alpha value is -1.19. The van der Waals surface area contributed by atoms with E-state index in [-0.39, 0.29) is 23.6 Å². The second kappa shape index (κ2) is 5.23. The van der Waals surface area contributed by atoms with Crippen molar-refractivity contribution in [2.45, 2.75) is 46.1 Å². The van der Waals surface area contributed by atoms with Crippen molar-refractivity contribution in [3.05, 3.63) is 0 Å². The van der Waals surface area contributed by atoms with E-state index in [0.717, 1.165) is 0 Å². The van der Waals surface area contributed by atoms with E-state index in [1.807, 2.05) is 0 Å². The van der Waals surface area contributed by atoms with Gasteiger partial charge in [-0.15, -0.1) is 0 Å². The fourth-order valence-electron chi connectivity index (χ4n) is 2.12. The van der Waals surface area contributed by atoms with Gasteiger partial charge in [0.2, 0.25) is 0 Å². The molecule has 0 aromatic carbocycles. The van der Waals surface area contributed by atoms with Gasteiger partial charge < -0.3 is 4.74 Å². The zero-order valence-corrected chi connectivity index (χ0v) is 9.99. The molecule has 2 atom stereocenters. The van der Waals surface area contributed by atoms with E-state index >= 15 is 0 Å². The summed E-state index contributed by atoms with van der Waals surface area (Å²) in [6.07, 6.45) is 1.20. The van der Waals surface area contributed by atoms with Crippen molar-refractivity contribution < 1.29 is 19.1 Å². The Labute approximate surface area is 95.3 Å². The van der Waals surface area contributed by atoms with E-state index in [1.165, 1.54) is 6.92 Å². The predicted octanol–water partition coefficient (Wildman–Crippen LogP) is 1.51. The third kappa shape index (κ3) is 3.15. The number of esters is 1. The molecule has 4 nitrogen and oxygen atoms in total. The minimum atomic E-state index is -0.756. The molecule has 1 unspecified atom stereocenters. The number of rotatable bonds is 4. The number of carbonyl (C=O) groups is 3. The smallest absolute Gasteiger partial charge is 0.317 e. The first-order chi connectivity index (χ1) is 7.41. The molecule has 0 aromatic rings. The minimum absolute atomic E-state index is 0.133. The van der Waals surface area contributed by atoms with Crippen LogP contribution in [-0.2, 0) is 19.1 Å². The van der Waals surface area contributed by atoms with E-state index in [2.05, 4.69) is 0 Å². The summed E-state index contributed by atoms with van der Waals surface area (Å²) in [7, 11) is 0. The second-order valence-electron chi connectivity index (χ2n) is 4.62. The molecule has 16 heavy (non-hydrogen) atoms. The van der Waals surface area contributed by atoms with Gasteiger partial charge in [-0.1, -0.05) is 0 Å². The van der Waals surface area contributed by atoms with E-state index in [9.17, 15) is 14.4 Å². The van der Waals surface area contributed by atoms with Gasteiger partial charge in [0, 0.05) is 12.8 Å². The Morgan fingerprint density at radius 1 is 1.38 bits per heavy atom. The predicted molar refractivity (Wildman–Crippen MR) is 57.7 cm³/mol. The Bertz CT molecular complexity index is 306. The number of hydrogen-bond acceptors (Lipinski definition) is 4. The second-order valence-corrected chi connectivity index (χ2v) is 4.62. The molecule has 1 fully saturated rings. The lowest BCUT2D eigenvalue weighted by atomic mass is 9.88. The third-order valence-corrected chi connectivity index (χ3v) is 2.80. The van der Waals surface area contributed by atoms with E-state index in [0.29, 0.717) is 19.3 Å². The van der Waals surface area contributed by atoms with Gasteiger partial charge in [-0.2, -0.15) is 0 Å². The maximum Gasteiger partial charge on any atom is 0.317 e. The summed E-state index contributed by atoms with van der Waals surface area (Å²) in [5.41, 5.74) is 0. The summed E-state index contributed by atoms with van der Waals surface area (Å²) < 4.78 is 5.05. The van der Waals surface area contributed by atoms with E-state index in [1.54, 1.807) is 13.8 Å². The summed E-state index contributed by atoms with van der Waals surface area (Å²) in [5.74, 6) is -1.47. The topological polar surface area (TPSA) is 60.4 Å². The van der Waals surface area contributed by atoms with Crippen LogP contribution < -0.4 is 0 Å². The van der Waals surface area contributed by atoms with Gasteiger partial charge >= 0.3 is 5.97 Å². The number of Topliss-reactive ketones (excluding diaryl/α,β-unsaturated/α-hetero) is 2. The Balaban J connectivity index is 2.71. The molecular formula is C12H18O4. The lowest BCUT2D eigenvalue weighted by molar-refractivity contribution is -0.157. The molecular weight excluding hydrogens is 208 g/mol. The van der Waals surface area contributed by atoms with E-state index < -0.39 is 11.9 Å². The van der Waals surface area contributed by atoms with Gasteiger partial charge in [0.1, 0.15) is 17.5 Å². The number of ketones is 2. The zero-order chi connectivity index (χ0) is 12.3. The summed E-state index contributed by atoms with van der Waals surface area (Å²) in [6, 6.07) is 0. The molecule has 0 radical (unpaired) electrons. The summed E-state index contributed by atoms with van der Waals surface area (Å²) in [5, 5.41) is 0. The molecule has 0 heterocycles. The van der Waals surface area contributed by atoms with Crippen molar-refractivity contribution in [1.29, 1.82) is 0 Å². The average Bonchev–Trinajstić information content (AvgIpc) is 2.49. The van der Waals surface area contributed by atoms with Crippen molar-refractivity contribution >= 4 is 17.5 Å². The van der Waals surface area contributed by atoms with Crippen LogP contribution in [0.25, 0.3) is 0 Å². The van der Waals surface area contributed by atoms with Crippen LogP contribution in [-0.4, -0.2) is 23.6 Å². The van der Waals surface area contributed by atoms with Crippen molar-refractivity contribution in [2.24, 2.45) is 11.8 Å². The highest BCUT2D eigenvalue weighted by Gasteiger charge is 2.38. The molecule has 0 amide bonds. The van der Waals surface area contributed by atoms with Gasteiger partial charge in [-0.25, -0.2) is 0 Å². The third-order valence-electron chi connectivity index (χ3n) is 2.80. The van der Waals surface area contributed by atoms with Gasteiger partial charge in [0.05, 0.1) is 6.10 Å². The lowest BCUT2D eigenvalue weighted by Crippen LogP contribution is -2.32. The first-order valence-corrected chi connectivity index (χ1v) is 5.64. The molecule has 1 aliphatic carbocycles. The molecule has 0 spiro atoms. The van der Waals surface area contributed by atoms with Crippen molar-refractivity contribution in [3.63, 3.8) is 0 Å². The Morgan fingerprint density at radius 2 is 2.00 bits per heavy atom. The van der Waals surface area contributed by atoms with Crippen molar-refractivity contribution in [1.82, 2.24) is 0 Å². The summed E-state index contributed by atoms with van der Waals surface area (Å²) in [6.45, 7) is 4.87. The largest absolute Gasteiger partial charge is 0.462 e. The van der Waals surface area contributed by atoms with Crippen LogP contribution in [0, 0.1) is 11.8 Å². The van der Waals surface area contributed by atoms with Crippen LogP contribution in [0.5, 0.6) is 0 Å². The normalized spacial score (nSPS) is 22.2. The Morgan fingerprint density at radius 3 is 2.38 bits per heavy atom. The SMILES string of the molecule is CC(=O)C(C(=O)OC(C)C)[C@@H]1CCC(=O)C1. The minimum Gasteiger partial charge on any atom is -0.462 e. The highest BCUT2D eigenvalue weighted by molar-refractivity contribution is 5.99. The fourth-order valence-corrected chi connectivity index (χ4v) is 2.12. The summed E-state index contributed by atoms with van der Waals surface area (Å²) >= 11 is 0. The first-order valence-electron chi connectivity index (χ1n) is 5.64. The van der Waals surface area contributed by atoms with Crippen molar-refractivity contribution in [3.8, 4) is 0 Å². The molecule has 0 N–H and O–H groups in total. The van der Waals surface area contributed by atoms with Gasteiger partial charge in [0.25, 0.3) is 0 Å². The number of ether oxygens (including phenoxy) is 1. The van der Waals surface area contributed by atoms with Crippen molar-refractivity contribution in [2.75, 3.05) is 0 Å². The molecule has 0 saturated heterocycles. The molecule has 0 aliphatic heterocycles. The molecule has 1 aliphatic rings. The first kappa shape index (κ1) is 12.9. The van der Waals surface area contributed by atoms with Gasteiger partial charge in [0.15, 0.2) is 0 Å². The van der Waals surface area contributed by atoms with Crippen LogP contribution in [0.4, 0.5) is 0 Å². The maximum absolute atomic E-state index is 11.7. The monoisotopic (exact) mass is 226 g/mol. The van der Waals surface area contributed by atoms with Crippen LogP contribution in [0.15, 0.2) is 0 Å². The number of hydrogen-bond donors (Lipinski definition) is 0.